The van der Waals surface area contributed by atoms with Crippen LogP contribution < -0.4 is 9.64 Å². The highest BCUT2D eigenvalue weighted by atomic mass is 32.1. The number of anilines is 1. The lowest BCUT2D eigenvalue weighted by Gasteiger charge is -2.25. The molecule has 3 aromatic rings. The number of carbonyl (C=O) groups is 3. The number of benzene rings is 2. The van der Waals surface area contributed by atoms with Crippen LogP contribution in [0, 0.1) is 13.8 Å². The molecule has 1 N–H and O–H groups in total. The first-order chi connectivity index (χ1) is 18.4. The van der Waals surface area contributed by atoms with E-state index < -0.39 is 23.7 Å². The van der Waals surface area contributed by atoms with Crippen LogP contribution in [0.1, 0.15) is 71.4 Å². The van der Waals surface area contributed by atoms with Gasteiger partial charge in [0.2, 0.25) is 0 Å². The van der Waals surface area contributed by atoms with Crippen molar-refractivity contribution in [2.45, 2.75) is 53.0 Å². The molecule has 1 aliphatic heterocycles. The Morgan fingerprint density at radius 2 is 1.77 bits per heavy atom. The Morgan fingerprint density at radius 3 is 2.33 bits per heavy atom. The summed E-state index contributed by atoms with van der Waals surface area (Å²) in [5.41, 5.74) is 3.01. The van der Waals surface area contributed by atoms with Gasteiger partial charge in [0.05, 0.1) is 31.0 Å². The smallest absolute Gasteiger partial charge is 0.350 e. The van der Waals surface area contributed by atoms with Crippen LogP contribution in [0.2, 0.25) is 0 Å². The second kappa shape index (κ2) is 10.6. The third-order valence-electron chi connectivity index (χ3n) is 6.68. The van der Waals surface area contributed by atoms with Gasteiger partial charge in [-0.25, -0.2) is 9.78 Å². The third-order valence-corrected chi connectivity index (χ3v) is 7.81. The van der Waals surface area contributed by atoms with Crippen LogP contribution in [-0.2, 0) is 19.7 Å². The highest BCUT2D eigenvalue weighted by molar-refractivity contribution is 7.17. The molecule has 0 aliphatic carbocycles. The number of methoxy groups -OCH3 is 1. The maximum absolute atomic E-state index is 13.5. The summed E-state index contributed by atoms with van der Waals surface area (Å²) >= 11 is 0.981. The summed E-state index contributed by atoms with van der Waals surface area (Å²) in [4.78, 5) is 45.5. The van der Waals surface area contributed by atoms with E-state index in [-0.39, 0.29) is 33.4 Å². The number of aliphatic hydroxyl groups excluding tert-OH is 1. The van der Waals surface area contributed by atoms with E-state index in [4.69, 9.17) is 9.47 Å². The zero-order valence-corrected chi connectivity index (χ0v) is 23.9. The maximum atomic E-state index is 13.5. The van der Waals surface area contributed by atoms with Gasteiger partial charge in [0.25, 0.3) is 5.78 Å². The van der Waals surface area contributed by atoms with E-state index in [1.54, 1.807) is 46.1 Å². The summed E-state index contributed by atoms with van der Waals surface area (Å²) in [5, 5.41) is 11.7. The van der Waals surface area contributed by atoms with Crippen molar-refractivity contribution >= 4 is 39.9 Å². The topological polar surface area (TPSA) is 106 Å². The molecule has 39 heavy (non-hydrogen) atoms. The largest absolute Gasteiger partial charge is 0.507 e. The first-order valence-electron chi connectivity index (χ1n) is 12.6. The number of aryl methyl sites for hydroxylation is 2. The van der Waals surface area contributed by atoms with Crippen molar-refractivity contribution in [2.75, 3.05) is 18.6 Å². The summed E-state index contributed by atoms with van der Waals surface area (Å²) in [7, 11) is 1.54. The van der Waals surface area contributed by atoms with Crippen LogP contribution >= 0.6 is 11.3 Å². The minimum absolute atomic E-state index is 0.0534. The molecule has 1 aromatic heterocycles. The lowest BCUT2D eigenvalue weighted by molar-refractivity contribution is -0.132. The van der Waals surface area contributed by atoms with Crippen molar-refractivity contribution in [1.29, 1.82) is 0 Å². The Kier molecular flexibility index (Phi) is 7.66. The average Bonchev–Trinajstić information content (AvgIpc) is 3.40. The molecule has 2 heterocycles. The number of hydrogen-bond donors (Lipinski definition) is 1. The number of thiazole rings is 1. The van der Waals surface area contributed by atoms with E-state index in [1.807, 2.05) is 24.3 Å². The maximum Gasteiger partial charge on any atom is 0.350 e. The third kappa shape index (κ3) is 5.18. The predicted octanol–water partition coefficient (Wildman–Crippen LogP) is 5.87. The highest BCUT2D eigenvalue weighted by Gasteiger charge is 2.48. The minimum atomic E-state index is -0.957. The van der Waals surface area contributed by atoms with Gasteiger partial charge in [-0.1, -0.05) is 56.4 Å². The van der Waals surface area contributed by atoms with Crippen molar-refractivity contribution in [3.05, 3.63) is 80.9 Å². The van der Waals surface area contributed by atoms with E-state index in [0.29, 0.717) is 28.1 Å². The minimum Gasteiger partial charge on any atom is -0.507 e. The Bertz CT molecular complexity index is 1480. The van der Waals surface area contributed by atoms with Crippen molar-refractivity contribution in [3.63, 3.8) is 0 Å². The molecule has 0 saturated carbocycles. The fourth-order valence-corrected chi connectivity index (χ4v) is 5.54. The fraction of sp³-hybridized carbons (Fsp3) is 0.333. The molecule has 204 valence electrons. The molecule has 0 radical (unpaired) electrons. The normalized spacial score (nSPS) is 17.0. The number of Topliss-reactive ketones (excluding diaryl/α,β-unsaturated/α-hetero) is 1. The van der Waals surface area contributed by atoms with Crippen molar-refractivity contribution in [2.24, 2.45) is 0 Å². The number of ketones is 1. The number of carbonyl (C=O) groups excluding carboxylic acids is 3. The Balaban J connectivity index is 1.93. The van der Waals surface area contributed by atoms with Gasteiger partial charge in [0.15, 0.2) is 5.13 Å². The molecule has 0 bridgehead atoms. The van der Waals surface area contributed by atoms with Crippen molar-refractivity contribution in [1.82, 2.24) is 4.98 Å². The van der Waals surface area contributed by atoms with E-state index in [9.17, 15) is 19.5 Å². The number of ether oxygens (including phenoxy) is 2. The molecule has 9 heteroatoms. The standard InChI is InChI=1S/C30H32N2O6S/c1-8-38-28(36)26-17(3)31-29(39-26)32-23(18-9-11-19(12-10-18)30(4,5)6)22(25(34)27(32)35)24(33)21-14-13-20(37-7)15-16(21)2/h9-15,23,33H,8H2,1-7H3/t23-/m1/s1. The molecule has 8 nitrogen and oxygen atoms in total. The lowest BCUT2D eigenvalue weighted by Crippen LogP contribution is -2.29. The van der Waals surface area contributed by atoms with Crippen LogP contribution in [0.4, 0.5) is 5.13 Å². The molecule has 4 rings (SSSR count). The summed E-state index contributed by atoms with van der Waals surface area (Å²) < 4.78 is 10.4. The van der Waals surface area contributed by atoms with E-state index >= 15 is 0 Å². The average molecular weight is 549 g/mol. The van der Waals surface area contributed by atoms with Crippen LogP contribution in [0.3, 0.4) is 0 Å². The van der Waals surface area contributed by atoms with Gasteiger partial charge < -0.3 is 14.6 Å². The highest BCUT2D eigenvalue weighted by Crippen LogP contribution is 2.44. The Morgan fingerprint density at radius 1 is 1.10 bits per heavy atom. The number of rotatable bonds is 6. The zero-order valence-electron chi connectivity index (χ0n) is 23.1. The zero-order chi connectivity index (χ0) is 28.6. The molecule has 1 fully saturated rings. The second-order valence-corrected chi connectivity index (χ2v) is 11.3. The Labute approximate surface area is 231 Å². The molecular weight excluding hydrogens is 516 g/mol. The second-order valence-electron chi connectivity index (χ2n) is 10.4. The van der Waals surface area contributed by atoms with Crippen LogP contribution in [0.15, 0.2) is 48.0 Å². The first-order valence-corrected chi connectivity index (χ1v) is 13.4. The number of nitrogens with zero attached hydrogens (tertiary/aromatic N) is 2. The number of esters is 1. The number of hydrogen-bond acceptors (Lipinski definition) is 8. The van der Waals surface area contributed by atoms with E-state index in [1.165, 1.54) is 4.90 Å². The number of aliphatic hydroxyl groups is 1. The molecule has 1 amide bonds. The molecule has 1 aliphatic rings. The van der Waals surface area contributed by atoms with Gasteiger partial charge in [-0.3, -0.25) is 14.5 Å². The summed E-state index contributed by atoms with van der Waals surface area (Å²) in [6, 6.07) is 11.7. The molecular formula is C30H32N2O6S. The van der Waals surface area contributed by atoms with E-state index in [0.717, 1.165) is 16.9 Å². The number of aromatic nitrogens is 1. The molecule has 1 saturated heterocycles. The molecule has 0 spiro atoms. The molecule has 0 unspecified atom stereocenters. The summed E-state index contributed by atoms with van der Waals surface area (Å²) in [6.07, 6.45) is 0. The fourth-order valence-electron chi connectivity index (χ4n) is 4.56. The van der Waals surface area contributed by atoms with Gasteiger partial charge in [0.1, 0.15) is 16.4 Å². The van der Waals surface area contributed by atoms with Gasteiger partial charge in [-0.15, -0.1) is 0 Å². The monoisotopic (exact) mass is 548 g/mol. The van der Waals surface area contributed by atoms with Gasteiger partial charge in [0, 0.05) is 5.56 Å². The van der Waals surface area contributed by atoms with Crippen LogP contribution in [0.25, 0.3) is 5.76 Å². The lowest BCUT2D eigenvalue weighted by atomic mass is 9.85. The van der Waals surface area contributed by atoms with Gasteiger partial charge >= 0.3 is 11.9 Å². The molecule has 1 atom stereocenters. The summed E-state index contributed by atoms with van der Waals surface area (Å²) in [6.45, 7) is 11.6. The quantitative estimate of drug-likeness (QED) is 0.178. The van der Waals surface area contributed by atoms with Crippen molar-refractivity contribution in [3.8, 4) is 5.75 Å². The van der Waals surface area contributed by atoms with Crippen LogP contribution in [0.5, 0.6) is 5.75 Å². The summed E-state index contributed by atoms with van der Waals surface area (Å²) in [5.74, 6) is -1.91. The van der Waals surface area contributed by atoms with E-state index in [2.05, 4.69) is 25.8 Å². The predicted molar refractivity (Wildman–Crippen MR) is 150 cm³/mol. The first kappa shape index (κ1) is 28.0. The van der Waals surface area contributed by atoms with Crippen molar-refractivity contribution < 1.29 is 29.0 Å². The molecule has 2 aromatic carbocycles. The number of amides is 1. The SMILES string of the molecule is CCOC(=O)c1sc(N2C(=O)C(=O)C(=C(O)c3ccc(OC)cc3C)[C@H]2c2ccc(C(C)(C)C)cc2)nc1C. The van der Waals surface area contributed by atoms with Gasteiger partial charge in [-0.2, -0.15) is 0 Å². The Hall–Kier alpha value is -3.98. The van der Waals surface area contributed by atoms with Gasteiger partial charge in [-0.05, 0) is 61.1 Å². The van der Waals surface area contributed by atoms with Crippen LogP contribution in [-0.4, -0.2) is 41.5 Å².